The van der Waals surface area contributed by atoms with Crippen molar-refractivity contribution in [2.45, 2.75) is 6.42 Å². The second-order valence-corrected chi connectivity index (χ2v) is 5.58. The number of benzene rings is 1. The minimum atomic E-state index is -0.581. The summed E-state index contributed by atoms with van der Waals surface area (Å²) in [5.41, 5.74) is 1.24. The molecule has 1 aromatic carbocycles. The van der Waals surface area contributed by atoms with E-state index in [0.29, 0.717) is 5.69 Å². The first kappa shape index (κ1) is 17.6. The summed E-state index contributed by atoms with van der Waals surface area (Å²) in [6, 6.07) is 7.02. The summed E-state index contributed by atoms with van der Waals surface area (Å²) in [5.74, 6) is -1.98. The molecule has 0 unspecified atom stereocenters. The van der Waals surface area contributed by atoms with Gasteiger partial charge in [0.2, 0.25) is 5.91 Å². The van der Waals surface area contributed by atoms with Crippen LogP contribution in [-0.4, -0.2) is 30.9 Å². The van der Waals surface area contributed by atoms with Crippen LogP contribution in [0, 0.1) is 5.82 Å². The fraction of sp³-hybridized carbons (Fsp3) is 0.188. The van der Waals surface area contributed by atoms with E-state index >= 15 is 0 Å². The number of rotatable bonds is 7. The molecule has 2 rings (SSSR count). The second-order valence-electron chi connectivity index (χ2n) is 4.80. The number of anilines is 1. The molecule has 0 spiro atoms. The molecule has 2 amide bonds. The molecule has 0 saturated heterocycles. The molecule has 8 heteroatoms. The van der Waals surface area contributed by atoms with Gasteiger partial charge in [-0.3, -0.25) is 14.4 Å². The lowest BCUT2D eigenvalue weighted by atomic mass is 10.2. The van der Waals surface area contributed by atoms with Crippen molar-refractivity contribution in [1.29, 1.82) is 0 Å². The third-order valence-corrected chi connectivity index (χ3v) is 3.60. The number of carbonyl (C=O) groups excluding carboxylic acids is 3. The summed E-state index contributed by atoms with van der Waals surface area (Å²) in [7, 11) is 0. The van der Waals surface area contributed by atoms with Crippen LogP contribution in [0.1, 0.15) is 5.56 Å². The summed E-state index contributed by atoms with van der Waals surface area (Å²) in [6.07, 6.45) is 0.0990. The summed E-state index contributed by atoms with van der Waals surface area (Å²) >= 11 is 1.47. The van der Waals surface area contributed by atoms with Crippen molar-refractivity contribution in [3.05, 3.63) is 52.5 Å². The first-order valence-corrected chi connectivity index (χ1v) is 7.96. The molecule has 2 aromatic rings. The van der Waals surface area contributed by atoms with Crippen molar-refractivity contribution >= 4 is 34.8 Å². The number of ether oxygens (including phenoxy) is 1. The Morgan fingerprint density at radius 3 is 2.50 bits per heavy atom. The van der Waals surface area contributed by atoms with Crippen LogP contribution in [0.2, 0.25) is 0 Å². The van der Waals surface area contributed by atoms with Gasteiger partial charge < -0.3 is 15.4 Å². The molecule has 6 nitrogen and oxygen atoms in total. The number of hydrogen-bond donors (Lipinski definition) is 2. The molecule has 1 aromatic heterocycles. The van der Waals surface area contributed by atoms with Gasteiger partial charge in [0.05, 0.1) is 13.0 Å². The van der Waals surface area contributed by atoms with Crippen molar-refractivity contribution in [1.82, 2.24) is 5.32 Å². The lowest BCUT2D eigenvalue weighted by Crippen LogP contribution is -2.35. The van der Waals surface area contributed by atoms with Gasteiger partial charge in [-0.05, 0) is 46.7 Å². The first-order chi connectivity index (χ1) is 11.5. The van der Waals surface area contributed by atoms with E-state index in [1.807, 2.05) is 10.8 Å². The molecular formula is C16H15FN2O4S. The molecule has 126 valence electrons. The fourth-order valence-electron chi connectivity index (χ4n) is 1.73. The van der Waals surface area contributed by atoms with Gasteiger partial charge in [-0.2, -0.15) is 11.3 Å². The number of carbonyl (C=O) groups is 3. The van der Waals surface area contributed by atoms with E-state index in [2.05, 4.69) is 10.6 Å². The number of halogens is 1. The number of thiophene rings is 1. The van der Waals surface area contributed by atoms with Gasteiger partial charge in [0.1, 0.15) is 5.82 Å². The third-order valence-electron chi connectivity index (χ3n) is 2.87. The summed E-state index contributed by atoms with van der Waals surface area (Å²) in [6.45, 7) is -0.731. The Morgan fingerprint density at radius 2 is 1.83 bits per heavy atom. The molecule has 1 heterocycles. The van der Waals surface area contributed by atoms with E-state index in [9.17, 15) is 18.8 Å². The van der Waals surface area contributed by atoms with Crippen molar-refractivity contribution in [3.63, 3.8) is 0 Å². The Hall–Kier alpha value is -2.74. The molecular weight excluding hydrogens is 335 g/mol. The molecule has 0 saturated carbocycles. The average Bonchev–Trinajstić information content (AvgIpc) is 3.06. The minimum Gasteiger partial charge on any atom is -0.455 e. The van der Waals surface area contributed by atoms with Crippen molar-refractivity contribution in [2.24, 2.45) is 0 Å². The van der Waals surface area contributed by atoms with Crippen LogP contribution in [0.5, 0.6) is 0 Å². The summed E-state index contributed by atoms with van der Waals surface area (Å²) < 4.78 is 17.6. The van der Waals surface area contributed by atoms with Crippen LogP contribution in [0.25, 0.3) is 0 Å². The maximum atomic E-state index is 12.7. The Morgan fingerprint density at radius 1 is 1.08 bits per heavy atom. The van der Waals surface area contributed by atoms with Crippen LogP contribution in [-0.2, 0) is 25.5 Å². The van der Waals surface area contributed by atoms with Crippen LogP contribution >= 0.6 is 11.3 Å². The zero-order valence-corrected chi connectivity index (χ0v) is 13.4. The Balaban J connectivity index is 1.64. The highest BCUT2D eigenvalue weighted by Crippen LogP contribution is 2.08. The van der Waals surface area contributed by atoms with Gasteiger partial charge in [0.25, 0.3) is 5.91 Å². The van der Waals surface area contributed by atoms with Crippen LogP contribution in [0.4, 0.5) is 10.1 Å². The second kappa shape index (κ2) is 8.78. The quantitative estimate of drug-likeness (QED) is 0.745. The number of hydrogen-bond acceptors (Lipinski definition) is 5. The molecule has 0 aliphatic heterocycles. The molecule has 0 fully saturated rings. The maximum absolute atomic E-state index is 12.7. The maximum Gasteiger partial charge on any atom is 0.310 e. The van der Waals surface area contributed by atoms with Crippen molar-refractivity contribution in [3.8, 4) is 0 Å². The molecule has 0 aliphatic rings. The third kappa shape index (κ3) is 6.17. The number of amides is 2. The Bertz CT molecular complexity index is 701. The Kier molecular flexibility index (Phi) is 6.44. The highest BCUT2D eigenvalue weighted by Gasteiger charge is 2.10. The first-order valence-electron chi connectivity index (χ1n) is 7.02. The molecule has 0 aliphatic carbocycles. The van der Waals surface area contributed by atoms with Gasteiger partial charge >= 0.3 is 5.97 Å². The standard InChI is InChI=1S/C16H15FN2O4S/c17-12-1-3-13(4-2-12)19-14(20)8-18-15(21)9-23-16(22)7-11-5-6-24-10-11/h1-6,10H,7-9H2,(H,18,21)(H,19,20). The molecule has 0 bridgehead atoms. The lowest BCUT2D eigenvalue weighted by molar-refractivity contribution is -0.147. The highest BCUT2D eigenvalue weighted by atomic mass is 32.1. The van der Waals surface area contributed by atoms with E-state index in [4.69, 9.17) is 4.74 Å². The Labute approximate surface area is 141 Å². The fourth-order valence-corrected chi connectivity index (χ4v) is 2.39. The summed E-state index contributed by atoms with van der Waals surface area (Å²) in [4.78, 5) is 34.7. The van der Waals surface area contributed by atoms with Crippen molar-refractivity contribution in [2.75, 3.05) is 18.5 Å². The predicted molar refractivity (Wildman–Crippen MR) is 87.0 cm³/mol. The molecule has 2 N–H and O–H groups in total. The smallest absolute Gasteiger partial charge is 0.310 e. The van der Waals surface area contributed by atoms with E-state index in [-0.39, 0.29) is 13.0 Å². The largest absolute Gasteiger partial charge is 0.455 e. The topological polar surface area (TPSA) is 84.5 Å². The van der Waals surface area contributed by atoms with Gasteiger partial charge in [0, 0.05) is 5.69 Å². The van der Waals surface area contributed by atoms with E-state index < -0.39 is 30.2 Å². The highest BCUT2D eigenvalue weighted by molar-refractivity contribution is 7.07. The van der Waals surface area contributed by atoms with Crippen molar-refractivity contribution < 1.29 is 23.5 Å². The van der Waals surface area contributed by atoms with Crippen LogP contribution < -0.4 is 10.6 Å². The SMILES string of the molecule is O=C(COC(=O)Cc1ccsc1)NCC(=O)Nc1ccc(F)cc1. The predicted octanol–water partition coefficient (Wildman–Crippen LogP) is 1.73. The number of esters is 1. The monoisotopic (exact) mass is 350 g/mol. The van der Waals surface area contributed by atoms with Crippen LogP contribution in [0.15, 0.2) is 41.1 Å². The minimum absolute atomic E-state index is 0.0990. The van der Waals surface area contributed by atoms with E-state index in [1.165, 1.54) is 35.6 Å². The van der Waals surface area contributed by atoms with Gasteiger partial charge in [-0.15, -0.1) is 0 Å². The van der Waals surface area contributed by atoms with E-state index in [1.54, 1.807) is 6.07 Å². The molecule has 24 heavy (non-hydrogen) atoms. The van der Waals surface area contributed by atoms with Gasteiger partial charge in [-0.25, -0.2) is 4.39 Å². The average molecular weight is 350 g/mol. The summed E-state index contributed by atoms with van der Waals surface area (Å²) in [5, 5.41) is 8.48. The lowest BCUT2D eigenvalue weighted by Gasteiger charge is -2.07. The van der Waals surface area contributed by atoms with Gasteiger partial charge in [0.15, 0.2) is 6.61 Å². The normalized spacial score (nSPS) is 10.0. The molecule has 0 radical (unpaired) electrons. The zero-order chi connectivity index (χ0) is 17.4. The molecule has 0 atom stereocenters. The van der Waals surface area contributed by atoms with Gasteiger partial charge in [-0.1, -0.05) is 0 Å². The van der Waals surface area contributed by atoms with Crippen LogP contribution in [0.3, 0.4) is 0 Å². The van der Waals surface area contributed by atoms with E-state index in [0.717, 1.165) is 5.56 Å². The number of nitrogens with one attached hydrogen (secondary N) is 2. The zero-order valence-electron chi connectivity index (χ0n) is 12.6.